The van der Waals surface area contributed by atoms with Crippen molar-refractivity contribution in [3.63, 3.8) is 0 Å². The molecule has 94 valence electrons. The summed E-state index contributed by atoms with van der Waals surface area (Å²) >= 11 is 0. The fourth-order valence-electron chi connectivity index (χ4n) is 1.51. The molecule has 1 saturated heterocycles. The van der Waals surface area contributed by atoms with Crippen molar-refractivity contribution in [3.8, 4) is 0 Å². The number of hydrogen-bond donors (Lipinski definition) is 6. The van der Waals surface area contributed by atoms with Crippen LogP contribution in [0.15, 0.2) is 0 Å². The summed E-state index contributed by atoms with van der Waals surface area (Å²) in [5.74, 6) is -4.42. The van der Waals surface area contributed by atoms with Gasteiger partial charge in [0.1, 0.15) is 18.3 Å². The molecule has 8 nitrogen and oxygen atoms in total. The Morgan fingerprint density at radius 1 is 1.50 bits per heavy atom. The minimum absolute atomic E-state index is 0.724. The highest BCUT2D eigenvalue weighted by molar-refractivity contribution is 5.75. The van der Waals surface area contributed by atoms with Crippen molar-refractivity contribution >= 4 is 5.97 Å². The number of aliphatic carboxylic acids is 1. The minimum Gasteiger partial charge on any atom is -0.477 e. The first-order valence-electron chi connectivity index (χ1n) is 4.60. The lowest BCUT2D eigenvalue weighted by Crippen LogP contribution is -2.61. The van der Waals surface area contributed by atoms with E-state index in [9.17, 15) is 25.2 Å². The van der Waals surface area contributed by atoms with Crippen LogP contribution in [0, 0.1) is 0 Å². The molecule has 0 aliphatic carbocycles. The molecule has 0 spiro atoms. The van der Waals surface area contributed by atoms with Crippen LogP contribution in [0.1, 0.15) is 6.42 Å². The van der Waals surface area contributed by atoms with Crippen molar-refractivity contribution < 1.29 is 40.2 Å². The van der Waals surface area contributed by atoms with Gasteiger partial charge in [-0.15, -0.1) is 0 Å². The molecular formula is C8H14O8. The second-order valence-corrected chi connectivity index (χ2v) is 3.68. The van der Waals surface area contributed by atoms with Gasteiger partial charge in [0.25, 0.3) is 5.79 Å². The van der Waals surface area contributed by atoms with Crippen LogP contribution >= 0.6 is 0 Å². The highest BCUT2D eigenvalue weighted by Gasteiger charge is 2.52. The maximum Gasteiger partial charge on any atom is 0.364 e. The zero-order valence-electron chi connectivity index (χ0n) is 8.22. The zero-order valence-corrected chi connectivity index (χ0v) is 8.22. The topological polar surface area (TPSA) is 148 Å². The van der Waals surface area contributed by atoms with E-state index in [2.05, 4.69) is 4.74 Å². The molecule has 0 amide bonds. The van der Waals surface area contributed by atoms with E-state index in [1.54, 1.807) is 0 Å². The number of aliphatic hydroxyl groups is 5. The molecule has 0 aromatic rings. The summed E-state index contributed by atoms with van der Waals surface area (Å²) in [5.41, 5.74) is 0. The van der Waals surface area contributed by atoms with Crippen molar-refractivity contribution in [2.24, 2.45) is 0 Å². The Kier molecular flexibility index (Phi) is 3.84. The van der Waals surface area contributed by atoms with Gasteiger partial charge in [-0.2, -0.15) is 0 Å². The fourth-order valence-corrected chi connectivity index (χ4v) is 1.51. The van der Waals surface area contributed by atoms with Gasteiger partial charge >= 0.3 is 5.97 Å². The predicted molar refractivity (Wildman–Crippen MR) is 47.2 cm³/mol. The molecule has 1 heterocycles. The Bertz CT molecular complexity index is 269. The van der Waals surface area contributed by atoms with E-state index in [0.717, 1.165) is 0 Å². The molecule has 3 unspecified atom stereocenters. The van der Waals surface area contributed by atoms with E-state index < -0.39 is 49.2 Å². The monoisotopic (exact) mass is 238 g/mol. The van der Waals surface area contributed by atoms with E-state index >= 15 is 0 Å². The Hall–Kier alpha value is -0.770. The number of ether oxygens (including phenoxy) is 1. The molecule has 5 atom stereocenters. The Morgan fingerprint density at radius 3 is 2.50 bits per heavy atom. The third kappa shape index (κ3) is 2.32. The minimum atomic E-state index is -2.68. The van der Waals surface area contributed by atoms with Crippen LogP contribution in [0.5, 0.6) is 0 Å². The largest absolute Gasteiger partial charge is 0.477 e. The Balaban J connectivity index is 2.89. The fraction of sp³-hybridized carbons (Fsp3) is 0.875. The van der Waals surface area contributed by atoms with Crippen LogP contribution in [-0.2, 0) is 9.53 Å². The van der Waals surface area contributed by atoms with Gasteiger partial charge in [-0.25, -0.2) is 4.79 Å². The van der Waals surface area contributed by atoms with E-state index in [1.807, 2.05) is 0 Å². The molecule has 0 aromatic carbocycles. The van der Waals surface area contributed by atoms with Crippen LogP contribution in [0.4, 0.5) is 0 Å². The molecule has 1 aliphatic heterocycles. The molecule has 0 bridgehead atoms. The van der Waals surface area contributed by atoms with Crippen LogP contribution < -0.4 is 0 Å². The Morgan fingerprint density at radius 2 is 2.06 bits per heavy atom. The third-order valence-electron chi connectivity index (χ3n) is 2.45. The summed E-state index contributed by atoms with van der Waals surface area (Å²) in [6.45, 7) is -0.801. The van der Waals surface area contributed by atoms with Gasteiger partial charge in [-0.1, -0.05) is 0 Å². The molecule has 0 radical (unpaired) electrons. The second kappa shape index (κ2) is 4.62. The van der Waals surface area contributed by atoms with Gasteiger partial charge in [-0.05, 0) is 0 Å². The first-order valence-corrected chi connectivity index (χ1v) is 4.60. The first kappa shape index (κ1) is 13.3. The standard InChI is InChI=1S/C8H14O8/c9-2-4(11)6-5(12)3(10)1-8(15,16-6)7(13)14/h3-6,9-12,15H,1-2H2,(H,13,14)/t3?,4?,5-,6?,8+/m0/s1. The molecule has 0 saturated carbocycles. The number of carbonyl (C=O) groups is 1. The second-order valence-electron chi connectivity index (χ2n) is 3.68. The van der Waals surface area contributed by atoms with Crippen LogP contribution in [0.2, 0.25) is 0 Å². The van der Waals surface area contributed by atoms with Crippen LogP contribution in [0.25, 0.3) is 0 Å². The highest BCUT2D eigenvalue weighted by atomic mass is 16.7. The number of hydrogen-bond acceptors (Lipinski definition) is 7. The molecule has 16 heavy (non-hydrogen) atoms. The molecular weight excluding hydrogens is 224 g/mol. The number of rotatable bonds is 3. The van der Waals surface area contributed by atoms with Crippen LogP contribution in [0.3, 0.4) is 0 Å². The summed E-state index contributed by atoms with van der Waals surface area (Å²) in [6.07, 6.45) is -7.05. The molecule has 1 rings (SSSR count). The summed E-state index contributed by atoms with van der Waals surface area (Å²) in [6, 6.07) is 0. The average Bonchev–Trinajstić information content (AvgIpc) is 2.22. The van der Waals surface area contributed by atoms with Gasteiger partial charge in [0.15, 0.2) is 0 Å². The normalized spacial score (nSPS) is 41.7. The summed E-state index contributed by atoms with van der Waals surface area (Å²) < 4.78 is 4.61. The zero-order chi connectivity index (χ0) is 12.5. The lowest BCUT2D eigenvalue weighted by Gasteiger charge is -2.41. The van der Waals surface area contributed by atoms with Gasteiger partial charge in [0, 0.05) is 6.42 Å². The maximum absolute atomic E-state index is 10.7. The predicted octanol–water partition coefficient (Wildman–Crippen LogP) is -3.38. The molecule has 6 N–H and O–H groups in total. The average molecular weight is 238 g/mol. The SMILES string of the molecule is O=C(O)[C@@]1(O)CC(O)[C@H](O)C(C(O)CO)O1. The summed E-state index contributed by atoms with van der Waals surface area (Å²) in [4.78, 5) is 10.7. The van der Waals surface area contributed by atoms with Crippen molar-refractivity contribution in [3.05, 3.63) is 0 Å². The molecule has 8 heteroatoms. The number of aliphatic hydroxyl groups excluding tert-OH is 4. The lowest BCUT2D eigenvalue weighted by molar-refractivity contribution is -0.308. The highest BCUT2D eigenvalue weighted by Crippen LogP contribution is 2.29. The van der Waals surface area contributed by atoms with Crippen molar-refractivity contribution in [2.75, 3.05) is 6.61 Å². The van der Waals surface area contributed by atoms with E-state index in [4.69, 9.17) is 10.2 Å². The molecule has 1 fully saturated rings. The number of carboxylic acid groups (broad SMARTS) is 1. The van der Waals surface area contributed by atoms with Crippen LogP contribution in [-0.4, -0.2) is 73.4 Å². The third-order valence-corrected chi connectivity index (χ3v) is 2.45. The smallest absolute Gasteiger partial charge is 0.364 e. The van der Waals surface area contributed by atoms with E-state index in [-0.39, 0.29) is 0 Å². The molecule has 1 aliphatic rings. The van der Waals surface area contributed by atoms with Crippen molar-refractivity contribution in [1.29, 1.82) is 0 Å². The quantitative estimate of drug-likeness (QED) is 0.298. The molecule has 0 aromatic heterocycles. The van der Waals surface area contributed by atoms with Crippen molar-refractivity contribution in [2.45, 2.75) is 36.6 Å². The number of carboxylic acids is 1. The van der Waals surface area contributed by atoms with E-state index in [1.165, 1.54) is 0 Å². The summed E-state index contributed by atoms with van der Waals surface area (Å²) in [7, 11) is 0. The van der Waals surface area contributed by atoms with Gasteiger partial charge in [0.05, 0.1) is 12.7 Å². The van der Waals surface area contributed by atoms with E-state index in [0.29, 0.717) is 0 Å². The summed E-state index contributed by atoms with van der Waals surface area (Å²) in [5, 5.41) is 54.7. The van der Waals surface area contributed by atoms with Gasteiger partial charge in [0.2, 0.25) is 0 Å². The van der Waals surface area contributed by atoms with Crippen molar-refractivity contribution in [1.82, 2.24) is 0 Å². The maximum atomic E-state index is 10.7. The lowest BCUT2D eigenvalue weighted by atomic mass is 9.93. The van der Waals surface area contributed by atoms with Gasteiger partial charge in [-0.3, -0.25) is 0 Å². The first-order chi connectivity index (χ1) is 7.31. The Labute approximate surface area is 90.3 Å². The van der Waals surface area contributed by atoms with Gasteiger partial charge < -0.3 is 35.4 Å².